The van der Waals surface area contributed by atoms with Crippen LogP contribution in [0.4, 0.5) is 0 Å². The van der Waals surface area contributed by atoms with Gasteiger partial charge in [0.05, 0.1) is 0 Å². The summed E-state index contributed by atoms with van der Waals surface area (Å²) >= 11 is 1.60. The first-order chi connectivity index (χ1) is 7.84. The molecule has 0 N–H and O–H groups in total. The molecule has 3 heteroatoms. The summed E-state index contributed by atoms with van der Waals surface area (Å²) in [6.45, 7) is 0.141. The number of Topliss-reactive ketones (excluding diaryl/α,β-unsaturated/α-hetero) is 1. The van der Waals surface area contributed by atoms with Crippen LogP contribution in [0.3, 0.4) is 0 Å². The number of carbonyl (C=O) groups is 1. The van der Waals surface area contributed by atoms with Gasteiger partial charge in [-0.1, -0.05) is 24.3 Å². The SMILES string of the molecule is O=C(COc1ccccc1)Cc1cccs1. The van der Waals surface area contributed by atoms with E-state index in [1.54, 1.807) is 11.3 Å². The molecule has 0 radical (unpaired) electrons. The predicted molar refractivity (Wildman–Crippen MR) is 65.0 cm³/mol. The maximum atomic E-state index is 11.6. The zero-order chi connectivity index (χ0) is 11.2. The second-order valence-electron chi connectivity index (χ2n) is 3.40. The predicted octanol–water partition coefficient (Wildman–Crippen LogP) is 2.94. The van der Waals surface area contributed by atoms with Crippen molar-refractivity contribution in [2.24, 2.45) is 0 Å². The van der Waals surface area contributed by atoms with Gasteiger partial charge in [-0.15, -0.1) is 11.3 Å². The molecule has 0 saturated carbocycles. The van der Waals surface area contributed by atoms with E-state index in [1.807, 2.05) is 47.8 Å². The van der Waals surface area contributed by atoms with E-state index >= 15 is 0 Å². The van der Waals surface area contributed by atoms with Gasteiger partial charge in [-0.3, -0.25) is 4.79 Å². The van der Waals surface area contributed by atoms with Crippen LogP contribution in [0, 0.1) is 0 Å². The Kier molecular flexibility index (Phi) is 3.72. The molecule has 2 aromatic rings. The second-order valence-corrected chi connectivity index (χ2v) is 4.43. The number of carbonyl (C=O) groups excluding carboxylic acids is 1. The third kappa shape index (κ3) is 3.21. The van der Waals surface area contributed by atoms with Gasteiger partial charge >= 0.3 is 0 Å². The first-order valence-corrected chi connectivity index (χ1v) is 5.94. The van der Waals surface area contributed by atoms with E-state index in [4.69, 9.17) is 4.74 Å². The van der Waals surface area contributed by atoms with Gasteiger partial charge in [-0.05, 0) is 23.6 Å². The topological polar surface area (TPSA) is 26.3 Å². The molecule has 0 bridgehead atoms. The Morgan fingerprint density at radius 3 is 2.62 bits per heavy atom. The van der Waals surface area contributed by atoms with Gasteiger partial charge in [0.1, 0.15) is 12.4 Å². The lowest BCUT2D eigenvalue weighted by molar-refractivity contribution is -0.120. The Balaban J connectivity index is 1.80. The van der Waals surface area contributed by atoms with Crippen molar-refractivity contribution in [3.05, 3.63) is 52.7 Å². The Labute approximate surface area is 98.5 Å². The fourth-order valence-corrected chi connectivity index (χ4v) is 2.07. The summed E-state index contributed by atoms with van der Waals surface area (Å²) in [7, 11) is 0. The lowest BCUT2D eigenvalue weighted by Crippen LogP contribution is -2.13. The minimum Gasteiger partial charge on any atom is -0.486 e. The molecular weight excluding hydrogens is 220 g/mol. The van der Waals surface area contributed by atoms with Crippen molar-refractivity contribution < 1.29 is 9.53 Å². The van der Waals surface area contributed by atoms with Crippen molar-refractivity contribution in [1.82, 2.24) is 0 Å². The molecule has 0 unspecified atom stereocenters. The smallest absolute Gasteiger partial charge is 0.175 e. The van der Waals surface area contributed by atoms with E-state index < -0.39 is 0 Å². The van der Waals surface area contributed by atoms with Gasteiger partial charge in [0.25, 0.3) is 0 Å². The highest BCUT2D eigenvalue weighted by atomic mass is 32.1. The molecule has 0 aliphatic carbocycles. The van der Waals surface area contributed by atoms with Crippen molar-refractivity contribution in [2.75, 3.05) is 6.61 Å². The van der Waals surface area contributed by atoms with Crippen molar-refractivity contribution >= 4 is 17.1 Å². The highest BCUT2D eigenvalue weighted by Crippen LogP contribution is 2.11. The van der Waals surface area contributed by atoms with Crippen LogP contribution in [0.25, 0.3) is 0 Å². The maximum Gasteiger partial charge on any atom is 0.175 e. The second kappa shape index (κ2) is 5.47. The number of hydrogen-bond donors (Lipinski definition) is 0. The van der Waals surface area contributed by atoms with E-state index in [0.717, 1.165) is 10.6 Å². The molecule has 2 rings (SSSR count). The van der Waals surface area contributed by atoms with Gasteiger partial charge in [0, 0.05) is 11.3 Å². The molecule has 16 heavy (non-hydrogen) atoms. The van der Waals surface area contributed by atoms with Crippen molar-refractivity contribution in [2.45, 2.75) is 6.42 Å². The average molecular weight is 232 g/mol. The zero-order valence-corrected chi connectivity index (χ0v) is 9.57. The number of benzene rings is 1. The maximum absolute atomic E-state index is 11.6. The van der Waals surface area contributed by atoms with Crippen molar-refractivity contribution in [1.29, 1.82) is 0 Å². The summed E-state index contributed by atoms with van der Waals surface area (Å²) < 4.78 is 5.37. The summed E-state index contributed by atoms with van der Waals surface area (Å²) in [4.78, 5) is 12.7. The molecule has 82 valence electrons. The first-order valence-electron chi connectivity index (χ1n) is 5.06. The standard InChI is InChI=1S/C13H12O2S/c14-11(9-13-7-4-8-16-13)10-15-12-5-2-1-3-6-12/h1-8H,9-10H2. The Morgan fingerprint density at radius 2 is 1.94 bits per heavy atom. The van der Waals surface area contributed by atoms with Crippen LogP contribution >= 0.6 is 11.3 Å². The number of hydrogen-bond acceptors (Lipinski definition) is 3. The Hall–Kier alpha value is -1.61. The van der Waals surface area contributed by atoms with Crippen LogP contribution in [-0.2, 0) is 11.2 Å². The third-order valence-corrected chi connectivity index (χ3v) is 2.97. The highest BCUT2D eigenvalue weighted by Gasteiger charge is 2.05. The summed E-state index contributed by atoms with van der Waals surface area (Å²) in [5, 5.41) is 1.97. The summed E-state index contributed by atoms with van der Waals surface area (Å²) in [5.41, 5.74) is 0. The molecule has 1 aromatic heterocycles. The van der Waals surface area contributed by atoms with Crippen LogP contribution in [0.5, 0.6) is 5.75 Å². The largest absolute Gasteiger partial charge is 0.486 e. The van der Waals surface area contributed by atoms with Crippen molar-refractivity contribution in [3.8, 4) is 5.75 Å². The summed E-state index contributed by atoms with van der Waals surface area (Å²) in [5.74, 6) is 0.841. The average Bonchev–Trinajstić information content (AvgIpc) is 2.81. The van der Waals surface area contributed by atoms with E-state index in [-0.39, 0.29) is 12.4 Å². The molecule has 0 fully saturated rings. The van der Waals surface area contributed by atoms with Gasteiger partial charge in [0.2, 0.25) is 0 Å². The van der Waals surface area contributed by atoms with E-state index in [1.165, 1.54) is 0 Å². The molecule has 1 aromatic carbocycles. The monoisotopic (exact) mass is 232 g/mol. The highest BCUT2D eigenvalue weighted by molar-refractivity contribution is 7.10. The van der Waals surface area contributed by atoms with Gasteiger partial charge < -0.3 is 4.74 Å². The molecule has 0 aliphatic rings. The van der Waals surface area contributed by atoms with Crippen molar-refractivity contribution in [3.63, 3.8) is 0 Å². The van der Waals surface area contributed by atoms with Gasteiger partial charge in [0.15, 0.2) is 5.78 Å². The molecule has 0 spiro atoms. The first kappa shape index (κ1) is 10.9. The van der Waals surface area contributed by atoms with Crippen LogP contribution in [0.1, 0.15) is 4.88 Å². The van der Waals surface area contributed by atoms with E-state index in [2.05, 4.69) is 0 Å². The van der Waals surface area contributed by atoms with Gasteiger partial charge in [-0.25, -0.2) is 0 Å². The van der Waals surface area contributed by atoms with Crippen LogP contribution in [0.2, 0.25) is 0 Å². The number of ketones is 1. The van der Waals surface area contributed by atoms with Crippen LogP contribution in [-0.4, -0.2) is 12.4 Å². The quantitative estimate of drug-likeness (QED) is 0.792. The molecule has 0 amide bonds. The summed E-state index contributed by atoms with van der Waals surface area (Å²) in [6, 6.07) is 13.3. The Bertz CT molecular complexity index is 434. The summed E-state index contributed by atoms with van der Waals surface area (Å²) in [6.07, 6.45) is 0.463. The minimum atomic E-state index is 0.103. The molecule has 0 atom stereocenters. The van der Waals surface area contributed by atoms with Crippen LogP contribution in [0.15, 0.2) is 47.8 Å². The fourth-order valence-electron chi connectivity index (χ4n) is 1.34. The van der Waals surface area contributed by atoms with Crippen LogP contribution < -0.4 is 4.74 Å². The molecule has 0 saturated heterocycles. The minimum absolute atomic E-state index is 0.103. The van der Waals surface area contributed by atoms with Gasteiger partial charge in [-0.2, -0.15) is 0 Å². The number of para-hydroxylation sites is 1. The third-order valence-electron chi connectivity index (χ3n) is 2.09. The lowest BCUT2D eigenvalue weighted by Gasteiger charge is -2.03. The van der Waals surface area contributed by atoms with E-state index in [0.29, 0.717) is 6.42 Å². The fraction of sp³-hybridized carbons (Fsp3) is 0.154. The molecule has 2 nitrogen and oxygen atoms in total. The zero-order valence-electron chi connectivity index (χ0n) is 8.76. The normalized spacial score (nSPS) is 10.0. The molecule has 0 aliphatic heterocycles. The molecular formula is C13H12O2S. The number of thiophene rings is 1. The Morgan fingerprint density at radius 1 is 1.12 bits per heavy atom. The molecule has 1 heterocycles. The number of ether oxygens (including phenoxy) is 1. The van der Waals surface area contributed by atoms with E-state index in [9.17, 15) is 4.79 Å². The number of rotatable bonds is 5. The lowest BCUT2D eigenvalue weighted by atomic mass is 10.2.